The molecule has 316 valence electrons. The number of nitrogens with one attached hydrogen (secondary N) is 1. The summed E-state index contributed by atoms with van der Waals surface area (Å²) in [7, 11) is 6.39. The molecular weight excluding hydrogens is 778 g/mol. The first-order valence-corrected chi connectivity index (χ1v) is 19.2. The Balaban J connectivity index is 1.20. The van der Waals surface area contributed by atoms with E-state index in [1.54, 1.807) is 50.2 Å². The van der Waals surface area contributed by atoms with Crippen molar-refractivity contribution in [1.29, 1.82) is 0 Å². The average molecular weight is 826 g/mol. The molecule has 0 aliphatic heterocycles. The molecule has 0 unspecified atom stereocenters. The molecule has 3 aliphatic rings. The molecule has 0 saturated heterocycles. The Hall–Kier alpha value is -6.72. The quantitative estimate of drug-likeness (QED) is 0.0664. The largest absolute Gasteiger partial charge is 0.508 e. The van der Waals surface area contributed by atoms with E-state index >= 15 is 0 Å². The monoisotopic (exact) mass is 825 g/mol. The van der Waals surface area contributed by atoms with E-state index in [2.05, 4.69) is 5.32 Å². The predicted octanol–water partition coefficient (Wildman–Crippen LogP) is 3.30. The molecule has 4 atom stereocenters. The van der Waals surface area contributed by atoms with E-state index in [9.17, 15) is 49.2 Å². The maximum absolute atomic E-state index is 14.3. The lowest BCUT2D eigenvalue weighted by Crippen LogP contribution is -2.65. The number of benzene rings is 3. The minimum absolute atomic E-state index is 0.0313. The van der Waals surface area contributed by atoms with Crippen molar-refractivity contribution in [1.82, 2.24) is 9.80 Å². The van der Waals surface area contributed by atoms with Gasteiger partial charge in [0.05, 0.1) is 22.9 Å². The molecule has 0 aromatic heterocycles. The van der Waals surface area contributed by atoms with Gasteiger partial charge >= 0.3 is 12.1 Å². The Kier molecular flexibility index (Phi) is 12.1. The summed E-state index contributed by atoms with van der Waals surface area (Å²) < 4.78 is 10.3. The highest BCUT2D eigenvalue weighted by atomic mass is 16.7. The number of anilines is 2. The average Bonchev–Trinajstić information content (AvgIpc) is 3.20. The van der Waals surface area contributed by atoms with Gasteiger partial charge in [-0.2, -0.15) is 0 Å². The molecule has 3 aromatic rings. The van der Waals surface area contributed by atoms with Crippen LogP contribution in [0.3, 0.4) is 0 Å². The Morgan fingerprint density at radius 3 is 2.18 bits per heavy atom. The van der Waals surface area contributed by atoms with E-state index in [-0.39, 0.29) is 41.8 Å². The van der Waals surface area contributed by atoms with Crippen LogP contribution in [0, 0.1) is 11.8 Å². The number of likely N-dealkylation sites (N-methyl/N-ethyl adjacent to an activating group) is 1. The van der Waals surface area contributed by atoms with Gasteiger partial charge in [0.2, 0.25) is 18.5 Å². The normalized spacial score (nSPS) is 20.8. The van der Waals surface area contributed by atoms with Gasteiger partial charge in [-0.1, -0.05) is 49.4 Å². The van der Waals surface area contributed by atoms with Gasteiger partial charge in [-0.05, 0) is 74.2 Å². The summed E-state index contributed by atoms with van der Waals surface area (Å²) in [5.41, 5.74) is 3.81. The predicted molar refractivity (Wildman–Crippen MR) is 218 cm³/mol. The SMILES string of the molecule is CCCN(CC(=O)Nc1cc(N(C)C)c2c(c1O)C(O)=C1C(=O)[C@]3(O)C(O)=C(C(N)=O)C(=O)[C@@H](N(C)C)[C@@H]3C[C@@H]1C2)C(=O)OCOC(=O)c1ccc(-c2ccccc2)cc1. The number of hydrogen-bond acceptors (Lipinski definition) is 14. The van der Waals surface area contributed by atoms with Crippen LogP contribution in [0.4, 0.5) is 16.2 Å². The van der Waals surface area contributed by atoms with Crippen molar-refractivity contribution in [2.75, 3.05) is 58.3 Å². The summed E-state index contributed by atoms with van der Waals surface area (Å²) >= 11 is 0. The highest BCUT2D eigenvalue weighted by Gasteiger charge is 2.64. The fourth-order valence-electron chi connectivity index (χ4n) is 8.39. The lowest BCUT2D eigenvalue weighted by Gasteiger charge is -2.50. The molecule has 6 rings (SSSR count). The third-order valence-electron chi connectivity index (χ3n) is 11.1. The Labute approximate surface area is 345 Å². The molecular formula is C43H47N5O12. The first-order chi connectivity index (χ1) is 28.4. The second-order valence-electron chi connectivity index (χ2n) is 15.4. The highest BCUT2D eigenvalue weighted by Crippen LogP contribution is 2.54. The first kappa shape index (κ1) is 42.9. The molecule has 60 heavy (non-hydrogen) atoms. The van der Waals surface area contributed by atoms with E-state index in [1.807, 2.05) is 30.3 Å². The molecule has 17 nitrogen and oxygen atoms in total. The number of ketones is 2. The molecule has 1 saturated carbocycles. The standard InChI is InChI=1S/C43H47N5O12/c1-6-16-48(42(57)60-21-59-41(56)24-14-12-23(13-15-24)22-10-8-7-9-11-22)20-30(49)45-28-19-29(46(2)3)26-17-25-18-27-34(47(4)5)37(52)33(40(44)55)39(54)43(27,58)38(53)31(25)36(51)32(26)35(28)50/h7-15,19,25,27,34,50-51,54,58H,6,16-18,20-21H2,1-5H3,(H2,44,55)(H,45,49)/t25-,27-,34-,43-/m0/s1. The maximum Gasteiger partial charge on any atom is 0.413 e. The van der Waals surface area contributed by atoms with Gasteiger partial charge in [-0.25, -0.2) is 9.59 Å². The lowest BCUT2D eigenvalue weighted by molar-refractivity contribution is -0.153. The van der Waals surface area contributed by atoms with Crippen LogP contribution in [-0.2, 0) is 35.1 Å². The number of fused-ring (bicyclic) bond motifs is 3. The number of phenols is 1. The van der Waals surface area contributed by atoms with Crippen molar-refractivity contribution in [2.24, 2.45) is 17.6 Å². The molecule has 1 fully saturated rings. The van der Waals surface area contributed by atoms with Gasteiger partial charge in [-0.3, -0.25) is 29.0 Å². The number of aromatic hydroxyl groups is 1. The number of primary amides is 1. The zero-order chi connectivity index (χ0) is 43.8. The molecule has 0 radical (unpaired) electrons. The zero-order valence-corrected chi connectivity index (χ0v) is 33.7. The van der Waals surface area contributed by atoms with Crippen LogP contribution in [0.1, 0.15) is 41.3 Å². The number of nitrogens with zero attached hydrogens (tertiary/aromatic N) is 3. The zero-order valence-electron chi connectivity index (χ0n) is 33.7. The van der Waals surface area contributed by atoms with Gasteiger partial charge in [0, 0.05) is 37.8 Å². The summed E-state index contributed by atoms with van der Waals surface area (Å²) in [5.74, 6) is -9.52. The summed E-state index contributed by atoms with van der Waals surface area (Å²) in [4.78, 5) is 83.3. The maximum atomic E-state index is 14.3. The number of carbonyl (C=O) groups is 6. The van der Waals surface area contributed by atoms with E-state index < -0.39 is 95.1 Å². The van der Waals surface area contributed by atoms with Gasteiger partial charge in [0.25, 0.3) is 5.91 Å². The molecule has 0 bridgehead atoms. The van der Waals surface area contributed by atoms with Gasteiger partial charge in [0.1, 0.15) is 29.4 Å². The topological polar surface area (TPSA) is 250 Å². The van der Waals surface area contributed by atoms with Crippen LogP contribution in [0.2, 0.25) is 0 Å². The van der Waals surface area contributed by atoms with E-state index in [0.29, 0.717) is 17.7 Å². The number of phenolic OH excluding ortho intramolecular Hbond substituents is 1. The number of Topliss-reactive ketones (excluding diaryl/α,β-unsaturated/α-hetero) is 2. The fraction of sp³-hybridized carbons (Fsp3) is 0.349. The van der Waals surface area contributed by atoms with E-state index in [4.69, 9.17) is 15.2 Å². The second-order valence-corrected chi connectivity index (χ2v) is 15.4. The molecule has 0 spiro atoms. The number of carbonyl (C=O) groups excluding carboxylic acids is 6. The minimum Gasteiger partial charge on any atom is -0.508 e. The number of aliphatic hydroxyl groups excluding tert-OH is 2. The number of amides is 3. The van der Waals surface area contributed by atoms with Crippen LogP contribution in [0.5, 0.6) is 5.75 Å². The molecule has 3 aliphatic carbocycles. The van der Waals surface area contributed by atoms with Crippen LogP contribution >= 0.6 is 0 Å². The van der Waals surface area contributed by atoms with Crippen molar-refractivity contribution in [3.8, 4) is 16.9 Å². The van der Waals surface area contributed by atoms with E-state index in [0.717, 1.165) is 16.0 Å². The third-order valence-corrected chi connectivity index (χ3v) is 11.1. The summed E-state index contributed by atoms with van der Waals surface area (Å²) in [6, 6.07) is 16.5. The Morgan fingerprint density at radius 1 is 0.933 bits per heavy atom. The fourth-order valence-corrected chi connectivity index (χ4v) is 8.39. The lowest BCUT2D eigenvalue weighted by atomic mass is 9.57. The Morgan fingerprint density at radius 2 is 1.58 bits per heavy atom. The number of hydrogen-bond donors (Lipinski definition) is 6. The van der Waals surface area contributed by atoms with Crippen molar-refractivity contribution >= 4 is 52.6 Å². The summed E-state index contributed by atoms with van der Waals surface area (Å²) in [5, 5.41) is 49.0. The summed E-state index contributed by atoms with van der Waals surface area (Å²) in [6.07, 6.45) is -0.601. The third kappa shape index (κ3) is 7.64. The van der Waals surface area contributed by atoms with E-state index in [1.165, 1.54) is 25.1 Å². The molecule has 17 heteroatoms. The number of nitrogens with two attached hydrogens (primary N) is 1. The number of esters is 1. The van der Waals surface area contributed by atoms with Crippen LogP contribution < -0.4 is 16.0 Å². The van der Waals surface area contributed by atoms with Crippen molar-refractivity contribution in [2.45, 2.75) is 37.8 Å². The van der Waals surface area contributed by atoms with Crippen LogP contribution in [-0.4, -0.2) is 125 Å². The number of rotatable bonds is 12. The van der Waals surface area contributed by atoms with Crippen LogP contribution in [0.15, 0.2) is 77.6 Å². The molecule has 7 N–H and O–H groups in total. The van der Waals surface area contributed by atoms with Gasteiger partial charge < -0.3 is 45.9 Å². The second kappa shape index (κ2) is 16.9. The molecule has 3 aromatic carbocycles. The highest BCUT2D eigenvalue weighted by molar-refractivity contribution is 6.24. The number of ether oxygens (including phenoxy) is 2. The van der Waals surface area contributed by atoms with Gasteiger partial charge in [0.15, 0.2) is 11.4 Å². The van der Waals surface area contributed by atoms with Crippen molar-refractivity contribution < 1.29 is 58.7 Å². The van der Waals surface area contributed by atoms with Crippen molar-refractivity contribution in [3.63, 3.8) is 0 Å². The molecule has 0 heterocycles. The first-order valence-electron chi connectivity index (χ1n) is 19.2. The van der Waals surface area contributed by atoms with Gasteiger partial charge in [-0.15, -0.1) is 0 Å². The molecule has 3 amide bonds. The van der Waals surface area contributed by atoms with Crippen LogP contribution in [0.25, 0.3) is 16.9 Å². The van der Waals surface area contributed by atoms with Crippen molar-refractivity contribution in [3.05, 3.63) is 94.3 Å². The Bertz CT molecular complexity index is 2320. The number of aliphatic hydroxyl groups is 3. The summed E-state index contributed by atoms with van der Waals surface area (Å²) in [6.45, 7) is 0.544. The minimum atomic E-state index is -2.82. The smallest absolute Gasteiger partial charge is 0.413 e.